The van der Waals surface area contributed by atoms with Crippen LogP contribution >= 0.6 is 11.6 Å². The van der Waals surface area contributed by atoms with Crippen molar-refractivity contribution in [3.63, 3.8) is 0 Å². The molecule has 1 heterocycles. The van der Waals surface area contributed by atoms with Gasteiger partial charge in [-0.2, -0.15) is 0 Å². The van der Waals surface area contributed by atoms with E-state index in [4.69, 9.17) is 22.1 Å². The van der Waals surface area contributed by atoms with Crippen molar-refractivity contribution in [1.82, 2.24) is 4.98 Å². The van der Waals surface area contributed by atoms with Gasteiger partial charge in [0.1, 0.15) is 11.6 Å². The molecular weight excluding hydrogens is 460 g/mol. The molecule has 3 aromatic rings. The summed E-state index contributed by atoms with van der Waals surface area (Å²) in [6.07, 6.45) is 1.98. The summed E-state index contributed by atoms with van der Waals surface area (Å²) >= 11 is 5.82. The minimum Gasteiger partial charge on any atom is -0.493 e. The average Bonchev–Trinajstić information content (AvgIpc) is 2.80. The molecule has 0 atom stereocenters. The van der Waals surface area contributed by atoms with Crippen LogP contribution in [-0.4, -0.2) is 41.0 Å². The number of amides is 2. The molecule has 10 heteroatoms. The summed E-state index contributed by atoms with van der Waals surface area (Å²) in [5.41, 5.74) is 6.60. The van der Waals surface area contributed by atoms with Crippen LogP contribution < -0.4 is 21.1 Å². The monoisotopic (exact) mass is 482 g/mol. The van der Waals surface area contributed by atoms with Gasteiger partial charge in [-0.05, 0) is 67.9 Å². The second-order valence-electron chi connectivity index (χ2n) is 7.33. The Morgan fingerprint density at radius 2 is 1.76 bits per heavy atom. The molecular formula is C24H23ClN4O5. The van der Waals surface area contributed by atoms with E-state index in [0.717, 1.165) is 5.56 Å². The molecule has 0 unspecified atom stereocenters. The molecule has 2 aromatic carbocycles. The molecule has 0 bridgehead atoms. The maximum atomic E-state index is 13.1. The van der Waals surface area contributed by atoms with E-state index in [9.17, 15) is 19.5 Å². The van der Waals surface area contributed by atoms with Crippen LogP contribution in [0.3, 0.4) is 0 Å². The molecule has 34 heavy (non-hydrogen) atoms. The zero-order chi connectivity index (χ0) is 24.7. The Labute approximate surface area is 200 Å². The highest BCUT2D eigenvalue weighted by Gasteiger charge is 2.20. The third-order valence-corrected chi connectivity index (χ3v) is 4.94. The first kappa shape index (κ1) is 24.7. The van der Waals surface area contributed by atoms with Gasteiger partial charge in [-0.25, -0.2) is 9.78 Å². The number of carbonyl (C=O) groups excluding carboxylic acids is 2. The molecule has 9 nitrogen and oxygen atoms in total. The molecule has 1 aromatic heterocycles. The maximum Gasteiger partial charge on any atom is 0.335 e. The average molecular weight is 483 g/mol. The zero-order valence-electron chi connectivity index (χ0n) is 18.3. The number of benzene rings is 2. The molecule has 0 fully saturated rings. The van der Waals surface area contributed by atoms with Crippen LogP contribution in [0.15, 0.2) is 54.7 Å². The first-order valence-corrected chi connectivity index (χ1v) is 10.7. The van der Waals surface area contributed by atoms with Gasteiger partial charge in [0, 0.05) is 6.20 Å². The number of carboxylic acid groups (broad SMARTS) is 1. The lowest BCUT2D eigenvalue weighted by Crippen LogP contribution is -2.20. The van der Waals surface area contributed by atoms with Gasteiger partial charge in [-0.3, -0.25) is 9.59 Å². The van der Waals surface area contributed by atoms with Crippen LogP contribution in [0.4, 0.5) is 11.5 Å². The van der Waals surface area contributed by atoms with E-state index in [0.29, 0.717) is 30.3 Å². The predicted octanol–water partition coefficient (Wildman–Crippen LogP) is 3.97. The van der Waals surface area contributed by atoms with E-state index >= 15 is 0 Å². The number of nitrogens with zero attached hydrogens (tertiary/aromatic N) is 1. The first-order chi connectivity index (χ1) is 16.3. The Morgan fingerprint density at radius 3 is 2.44 bits per heavy atom. The standard InChI is InChI=1S/C24H23ClN4O5/c1-14-3-6-18(20(11-14)34-10-2-9-26)23(31)28-19-12-15(24(32)33)4-7-17(19)22(30)29-21-8-5-16(25)13-27-21/h3-8,11-13H,2,9-10,26H2,1H3,(H,28,31)(H,32,33)(H,27,29,30). The summed E-state index contributed by atoms with van der Waals surface area (Å²) < 4.78 is 5.71. The first-order valence-electron chi connectivity index (χ1n) is 10.3. The third kappa shape index (κ3) is 6.31. The third-order valence-electron chi connectivity index (χ3n) is 4.72. The Bertz CT molecular complexity index is 1210. The fraction of sp³-hybridized carbons (Fsp3) is 0.167. The number of aromatic nitrogens is 1. The van der Waals surface area contributed by atoms with Crippen molar-refractivity contribution in [3.05, 3.63) is 82.0 Å². The molecule has 0 spiro atoms. The lowest BCUT2D eigenvalue weighted by Gasteiger charge is -2.15. The van der Waals surface area contributed by atoms with Crippen LogP contribution in [0.1, 0.15) is 43.1 Å². The molecule has 3 rings (SSSR count). The number of hydrogen-bond acceptors (Lipinski definition) is 6. The van der Waals surface area contributed by atoms with Crippen molar-refractivity contribution in [2.75, 3.05) is 23.8 Å². The fourth-order valence-electron chi connectivity index (χ4n) is 3.00. The van der Waals surface area contributed by atoms with Gasteiger partial charge >= 0.3 is 5.97 Å². The lowest BCUT2D eigenvalue weighted by molar-refractivity contribution is 0.0696. The van der Waals surface area contributed by atoms with Crippen LogP contribution in [0.2, 0.25) is 5.02 Å². The number of anilines is 2. The van der Waals surface area contributed by atoms with Gasteiger partial charge in [-0.1, -0.05) is 17.7 Å². The summed E-state index contributed by atoms with van der Waals surface area (Å²) in [6.45, 7) is 2.63. The molecule has 176 valence electrons. The number of pyridine rings is 1. The van der Waals surface area contributed by atoms with Crippen molar-refractivity contribution in [1.29, 1.82) is 0 Å². The molecule has 0 aliphatic rings. The highest BCUT2D eigenvalue weighted by atomic mass is 35.5. The van der Waals surface area contributed by atoms with Gasteiger partial charge in [0.2, 0.25) is 0 Å². The molecule has 2 amide bonds. The second kappa shape index (κ2) is 11.3. The van der Waals surface area contributed by atoms with Gasteiger partial charge in [-0.15, -0.1) is 0 Å². The number of aryl methyl sites for hydroxylation is 1. The summed E-state index contributed by atoms with van der Waals surface area (Å²) in [4.78, 5) is 41.5. The van der Waals surface area contributed by atoms with Gasteiger partial charge in [0.25, 0.3) is 11.8 Å². The SMILES string of the molecule is Cc1ccc(C(=O)Nc2cc(C(=O)O)ccc2C(=O)Nc2ccc(Cl)cn2)c(OCCCN)c1. The molecule has 5 N–H and O–H groups in total. The van der Waals surface area contributed by atoms with E-state index in [-0.39, 0.29) is 28.2 Å². The molecule has 0 saturated carbocycles. The molecule has 0 saturated heterocycles. The number of ether oxygens (including phenoxy) is 1. The summed E-state index contributed by atoms with van der Waals surface area (Å²) in [5, 5.41) is 15.0. The van der Waals surface area contributed by atoms with Crippen LogP contribution in [-0.2, 0) is 0 Å². The second-order valence-corrected chi connectivity index (χ2v) is 7.76. The van der Waals surface area contributed by atoms with Crippen molar-refractivity contribution < 1.29 is 24.2 Å². The van der Waals surface area contributed by atoms with Gasteiger partial charge in [0.15, 0.2) is 0 Å². The number of aromatic carboxylic acids is 1. The number of halogens is 1. The number of carboxylic acids is 1. The van der Waals surface area contributed by atoms with Crippen molar-refractivity contribution in [2.24, 2.45) is 5.73 Å². The maximum absolute atomic E-state index is 13.1. The quantitative estimate of drug-likeness (QED) is 0.338. The Balaban J connectivity index is 1.91. The normalized spacial score (nSPS) is 10.4. The molecule has 0 aliphatic heterocycles. The summed E-state index contributed by atoms with van der Waals surface area (Å²) in [6, 6.07) is 11.9. The van der Waals surface area contributed by atoms with Gasteiger partial charge in [0.05, 0.1) is 34.0 Å². The van der Waals surface area contributed by atoms with Crippen LogP contribution in [0.5, 0.6) is 5.75 Å². The molecule has 0 aliphatic carbocycles. The molecule has 0 radical (unpaired) electrons. The predicted molar refractivity (Wildman–Crippen MR) is 129 cm³/mol. The Hall–Kier alpha value is -3.95. The number of carbonyl (C=O) groups is 3. The highest BCUT2D eigenvalue weighted by Crippen LogP contribution is 2.25. The van der Waals surface area contributed by atoms with Gasteiger partial charge < -0.3 is 26.2 Å². The zero-order valence-corrected chi connectivity index (χ0v) is 19.1. The summed E-state index contributed by atoms with van der Waals surface area (Å²) in [5.74, 6) is -1.77. The number of rotatable bonds is 9. The topological polar surface area (TPSA) is 144 Å². The minimum absolute atomic E-state index is 0.0184. The smallest absolute Gasteiger partial charge is 0.335 e. The fourth-order valence-corrected chi connectivity index (χ4v) is 3.12. The van der Waals surface area contributed by atoms with E-state index in [1.807, 2.05) is 6.92 Å². The van der Waals surface area contributed by atoms with Crippen molar-refractivity contribution in [2.45, 2.75) is 13.3 Å². The van der Waals surface area contributed by atoms with E-state index < -0.39 is 17.8 Å². The van der Waals surface area contributed by atoms with Crippen molar-refractivity contribution >= 4 is 40.9 Å². The number of nitrogens with one attached hydrogen (secondary N) is 2. The van der Waals surface area contributed by atoms with Crippen molar-refractivity contribution in [3.8, 4) is 5.75 Å². The number of nitrogens with two attached hydrogens (primary N) is 1. The number of hydrogen-bond donors (Lipinski definition) is 4. The Morgan fingerprint density at radius 1 is 1.03 bits per heavy atom. The summed E-state index contributed by atoms with van der Waals surface area (Å²) in [7, 11) is 0. The largest absolute Gasteiger partial charge is 0.493 e. The lowest BCUT2D eigenvalue weighted by atomic mass is 10.1. The Kier molecular flexibility index (Phi) is 8.18. The highest BCUT2D eigenvalue weighted by molar-refractivity contribution is 6.30. The van der Waals surface area contributed by atoms with E-state index in [1.54, 1.807) is 24.3 Å². The van der Waals surface area contributed by atoms with Crippen LogP contribution in [0.25, 0.3) is 0 Å². The van der Waals surface area contributed by atoms with Crippen LogP contribution in [0, 0.1) is 6.92 Å². The van der Waals surface area contributed by atoms with E-state index in [2.05, 4.69) is 15.6 Å². The minimum atomic E-state index is -1.21. The van der Waals surface area contributed by atoms with E-state index in [1.165, 1.54) is 30.5 Å².